The molecule has 0 heterocycles. The minimum atomic E-state index is -1.75. The first-order chi connectivity index (χ1) is 30.8. The van der Waals surface area contributed by atoms with Crippen LogP contribution in [-0.2, 0) is 14.1 Å². The summed E-state index contributed by atoms with van der Waals surface area (Å²) < 4.78 is 3.92. The Hall–Kier alpha value is 1.83. The summed E-state index contributed by atoms with van der Waals surface area (Å²) in [7, 11) is -10.5. The Balaban J connectivity index is 11.2. The van der Waals surface area contributed by atoms with Crippen LogP contribution in [0, 0.1) is 0 Å². The number of hydrogen-bond donors (Lipinski definition) is 0. The van der Waals surface area contributed by atoms with Gasteiger partial charge in [0.05, 0.1) is 0 Å². The summed E-state index contributed by atoms with van der Waals surface area (Å²) in [4.78, 5) is 0. The molecule has 0 saturated heterocycles. The van der Waals surface area contributed by atoms with Crippen LogP contribution in [0.3, 0.4) is 0 Å². The zero-order valence-electron chi connectivity index (χ0n) is 48.6. The fourth-order valence-electron chi connectivity index (χ4n) is 17.7. The average Bonchev–Trinajstić information content (AvgIpc) is 3.23. The molecule has 0 N–H and O–H groups in total. The van der Waals surface area contributed by atoms with Gasteiger partial charge < -0.3 is 0 Å². The van der Waals surface area contributed by atoms with Crippen molar-refractivity contribution in [2.45, 2.75) is 361 Å². The second-order valence-electron chi connectivity index (χ2n) is 23.2. The molecule has 0 fully saturated rings. The first-order valence-corrected chi connectivity index (χ1v) is 48.9. The van der Waals surface area contributed by atoms with Crippen LogP contribution in [0.15, 0.2) is 0 Å². The van der Waals surface area contributed by atoms with Gasteiger partial charge in [-0.1, -0.05) is 0 Å². The Kier molecular flexibility index (Phi) is 36.9. The average molecular weight is 1040 g/mol. The van der Waals surface area contributed by atoms with Crippen molar-refractivity contribution in [1.29, 1.82) is 0 Å². The quantitative estimate of drug-likeness (QED) is 0.0533. The van der Waals surface area contributed by atoms with E-state index >= 15 is 0 Å². The molecule has 0 aliphatic heterocycles. The van der Waals surface area contributed by atoms with E-state index in [1.165, 1.54) is 128 Å². The summed E-state index contributed by atoms with van der Waals surface area (Å²) in [5.41, 5.74) is 0. The van der Waals surface area contributed by atoms with Gasteiger partial charge in [-0.25, -0.2) is 0 Å². The molecule has 387 valence electrons. The molecule has 0 aliphatic carbocycles. The van der Waals surface area contributed by atoms with Gasteiger partial charge in [0.2, 0.25) is 0 Å². The summed E-state index contributed by atoms with van der Waals surface area (Å²) in [6.07, 6.45) is 27.0. The second kappa shape index (κ2) is 35.9. The zero-order chi connectivity index (χ0) is 48.8. The molecule has 0 aliphatic rings. The third-order valence-electron chi connectivity index (χ3n) is 17.6. The van der Waals surface area contributed by atoms with Crippen molar-refractivity contribution in [3.05, 3.63) is 0 Å². The predicted octanol–water partition coefficient (Wildman–Crippen LogP) is 23.3. The number of rotatable bonds is 45. The third-order valence-corrected chi connectivity index (χ3v) is 85.6. The number of hydrogen-bond acceptors (Lipinski definition) is 0. The van der Waals surface area contributed by atoms with Gasteiger partial charge in [0.15, 0.2) is 0 Å². The van der Waals surface area contributed by atoms with E-state index in [0.717, 1.165) is 0 Å². The van der Waals surface area contributed by atoms with Crippen LogP contribution in [0.4, 0.5) is 0 Å². The van der Waals surface area contributed by atoms with Crippen LogP contribution in [0.2, 0.25) is 121 Å². The Morgan fingerprint density at radius 2 is 0.250 bits per heavy atom. The van der Waals surface area contributed by atoms with Crippen molar-refractivity contribution in [2.24, 2.45) is 0 Å². The summed E-state index contributed by atoms with van der Waals surface area (Å²) in [5, 5.41) is 0. The van der Waals surface area contributed by atoms with Gasteiger partial charge in [0.25, 0.3) is 0 Å². The monoisotopic (exact) mass is 1030 g/mol. The molecule has 0 aromatic rings. The molecule has 64 heavy (non-hydrogen) atoms. The Morgan fingerprint density at radius 1 is 0.172 bits per heavy atom. The molecule has 0 rings (SSSR count). The Morgan fingerprint density at radius 3 is 0.312 bits per heavy atom. The van der Waals surface area contributed by atoms with Crippen molar-refractivity contribution in [1.82, 2.24) is 0 Å². The first-order valence-electron chi connectivity index (χ1n) is 30.5. The predicted molar refractivity (Wildman–Crippen MR) is 318 cm³/mol. The van der Waals surface area contributed by atoms with Crippen LogP contribution in [-0.4, -0.2) is 48.4 Å². The van der Waals surface area contributed by atoms with Crippen molar-refractivity contribution in [3.63, 3.8) is 0 Å². The second-order valence-corrected chi connectivity index (χ2v) is 61.3. The summed E-state index contributed by atoms with van der Waals surface area (Å²) in [5.74, 6) is 0. The van der Waals surface area contributed by atoms with E-state index in [4.69, 9.17) is 0 Å². The molecule has 0 spiro atoms. The maximum atomic E-state index is 2.72. The third kappa shape index (κ3) is 17.0. The van der Waals surface area contributed by atoms with Crippen LogP contribution in [0.5, 0.6) is 0 Å². The van der Waals surface area contributed by atoms with Gasteiger partial charge in [0.1, 0.15) is 0 Å². The summed E-state index contributed by atoms with van der Waals surface area (Å²) in [6, 6.07) is 30.9. The van der Waals surface area contributed by atoms with E-state index in [-0.39, 0.29) is 0 Å². The molecule has 7 heteroatoms. The van der Waals surface area contributed by atoms with Crippen LogP contribution >= 0.6 is 0 Å². The molecular formula is C57H129CrSi6. The van der Waals surface area contributed by atoms with Crippen LogP contribution < -0.4 is 0 Å². The zero-order valence-corrected chi connectivity index (χ0v) is 55.9. The molecule has 0 aromatic carbocycles. The normalized spacial score (nSPS) is 13.8. The van der Waals surface area contributed by atoms with E-state index in [2.05, 4.69) is 125 Å². The molecule has 0 bridgehead atoms. The van der Waals surface area contributed by atoms with Gasteiger partial charge in [0, 0.05) is 0 Å². The van der Waals surface area contributed by atoms with Crippen LogP contribution in [0.25, 0.3) is 0 Å². The molecule has 0 radical (unpaired) electrons. The van der Waals surface area contributed by atoms with Gasteiger partial charge in [-0.05, 0) is 0 Å². The minimum absolute atomic E-state index is 1.26. The maximum absolute atomic E-state index is 2.72. The van der Waals surface area contributed by atoms with Crippen molar-refractivity contribution in [2.75, 3.05) is 0 Å². The molecule has 0 nitrogen and oxygen atoms in total. The van der Waals surface area contributed by atoms with Crippen LogP contribution in [0.1, 0.15) is 240 Å². The first kappa shape index (κ1) is 65.8. The Labute approximate surface area is 420 Å². The molecule has 0 amide bonds. The summed E-state index contributed by atoms with van der Waals surface area (Å²) >= 11 is -1.26. The van der Waals surface area contributed by atoms with E-state index in [0.29, 0.717) is 0 Å². The van der Waals surface area contributed by atoms with Gasteiger partial charge in [-0.2, -0.15) is 0 Å². The topological polar surface area (TPSA) is 0 Å². The summed E-state index contributed by atoms with van der Waals surface area (Å²) in [6.45, 7) is 49.0. The van der Waals surface area contributed by atoms with Crippen molar-refractivity contribution >= 4 is 48.4 Å². The van der Waals surface area contributed by atoms with Crippen molar-refractivity contribution < 1.29 is 14.1 Å². The Bertz CT molecular complexity index is 785. The van der Waals surface area contributed by atoms with Gasteiger partial charge in [-0.15, -0.1) is 0 Å². The van der Waals surface area contributed by atoms with Gasteiger partial charge >= 0.3 is 424 Å². The standard InChI is InChI=1S/3C19H43Si2.Cr/c3*1-7-13-20(14-8-2,15-9-3)19-21(16-10-4,17-11-5)18-12-6;/h3*19H,7-18H2,1-6H3;. The van der Waals surface area contributed by atoms with E-state index in [1.54, 1.807) is 109 Å². The molecule has 0 unspecified atom stereocenters. The van der Waals surface area contributed by atoms with E-state index < -0.39 is 62.6 Å². The molecular weight excluding hydrogens is 905 g/mol. The van der Waals surface area contributed by atoms with E-state index in [1.807, 2.05) is 0 Å². The SMILES string of the molecule is CCC[Si](CCC)(CCC)[CH]([Cr]([CH]([Si](CCC)(CCC)CCC)[Si](CCC)(CCC)CCC)[CH]([Si](CCC)(CCC)CCC)[Si](CCC)(CCC)CCC)[Si](CCC)(CCC)CCC. The fraction of sp³-hybridized carbons (Fsp3) is 1.00. The molecule has 0 saturated carbocycles. The molecule has 0 aromatic heterocycles. The van der Waals surface area contributed by atoms with Crippen molar-refractivity contribution in [3.8, 4) is 0 Å². The molecule has 0 atom stereocenters. The van der Waals surface area contributed by atoms with Gasteiger partial charge in [-0.3, -0.25) is 0 Å². The fourth-order valence-corrected chi connectivity index (χ4v) is 113. The van der Waals surface area contributed by atoms with E-state index in [9.17, 15) is 0 Å².